The highest BCUT2D eigenvalue weighted by Gasteiger charge is 2.13. The SMILES string of the molecule is CCC(C)Sc1c(F)cc(N)cc1F. The van der Waals surface area contributed by atoms with E-state index in [9.17, 15) is 8.78 Å². The van der Waals surface area contributed by atoms with Gasteiger partial charge in [0, 0.05) is 10.9 Å². The highest BCUT2D eigenvalue weighted by atomic mass is 32.2. The van der Waals surface area contributed by atoms with E-state index in [0.29, 0.717) is 0 Å². The van der Waals surface area contributed by atoms with Gasteiger partial charge >= 0.3 is 0 Å². The third kappa shape index (κ3) is 2.61. The van der Waals surface area contributed by atoms with Crippen LogP contribution in [0.15, 0.2) is 17.0 Å². The molecular formula is C10H13F2NS. The molecule has 1 aromatic carbocycles. The lowest BCUT2D eigenvalue weighted by molar-refractivity contribution is 0.541. The van der Waals surface area contributed by atoms with Gasteiger partial charge in [0.25, 0.3) is 0 Å². The number of thioether (sulfide) groups is 1. The van der Waals surface area contributed by atoms with Crippen molar-refractivity contribution in [1.29, 1.82) is 0 Å². The maximum absolute atomic E-state index is 13.3. The van der Waals surface area contributed by atoms with Gasteiger partial charge in [-0.1, -0.05) is 13.8 Å². The van der Waals surface area contributed by atoms with Crippen molar-refractivity contribution in [3.8, 4) is 0 Å². The molecule has 0 heterocycles. The number of benzene rings is 1. The van der Waals surface area contributed by atoms with E-state index in [1.54, 1.807) is 0 Å². The first-order valence-electron chi connectivity index (χ1n) is 4.45. The lowest BCUT2D eigenvalue weighted by atomic mass is 10.3. The maximum Gasteiger partial charge on any atom is 0.141 e. The number of hydrogen-bond acceptors (Lipinski definition) is 2. The van der Waals surface area contributed by atoms with Crippen LogP contribution in [0, 0.1) is 11.6 Å². The number of hydrogen-bond donors (Lipinski definition) is 1. The van der Waals surface area contributed by atoms with E-state index in [1.165, 1.54) is 11.8 Å². The Balaban J connectivity index is 2.96. The van der Waals surface area contributed by atoms with Crippen LogP contribution in [0.5, 0.6) is 0 Å². The van der Waals surface area contributed by atoms with E-state index in [0.717, 1.165) is 18.6 Å². The molecule has 0 saturated heterocycles. The van der Waals surface area contributed by atoms with Crippen molar-refractivity contribution in [3.05, 3.63) is 23.8 Å². The summed E-state index contributed by atoms with van der Waals surface area (Å²) in [7, 11) is 0. The third-order valence-electron chi connectivity index (χ3n) is 1.91. The Morgan fingerprint density at radius 2 is 1.86 bits per heavy atom. The van der Waals surface area contributed by atoms with Crippen LogP contribution >= 0.6 is 11.8 Å². The van der Waals surface area contributed by atoms with Crippen LogP contribution in [0.2, 0.25) is 0 Å². The minimum Gasteiger partial charge on any atom is -0.399 e. The summed E-state index contributed by atoms with van der Waals surface area (Å²) in [6.45, 7) is 3.91. The molecule has 0 aliphatic heterocycles. The zero-order valence-corrected chi connectivity index (χ0v) is 9.00. The van der Waals surface area contributed by atoms with Crippen molar-refractivity contribution in [2.75, 3.05) is 5.73 Å². The largest absolute Gasteiger partial charge is 0.399 e. The van der Waals surface area contributed by atoms with Crippen LogP contribution in [0.1, 0.15) is 20.3 Å². The van der Waals surface area contributed by atoms with Gasteiger partial charge in [-0.3, -0.25) is 0 Å². The number of rotatable bonds is 3. The number of anilines is 1. The molecule has 1 nitrogen and oxygen atoms in total. The van der Waals surface area contributed by atoms with E-state index in [4.69, 9.17) is 5.73 Å². The molecule has 14 heavy (non-hydrogen) atoms. The van der Waals surface area contributed by atoms with Gasteiger partial charge in [0.15, 0.2) is 0 Å². The first-order valence-corrected chi connectivity index (χ1v) is 5.33. The van der Waals surface area contributed by atoms with E-state index < -0.39 is 11.6 Å². The molecule has 78 valence electrons. The normalized spacial score (nSPS) is 12.9. The summed E-state index contributed by atoms with van der Waals surface area (Å²) in [5.74, 6) is -1.15. The molecule has 0 bridgehead atoms. The van der Waals surface area contributed by atoms with Crippen molar-refractivity contribution >= 4 is 17.4 Å². The second-order valence-corrected chi connectivity index (χ2v) is 4.60. The molecule has 1 aromatic rings. The number of halogens is 2. The maximum atomic E-state index is 13.3. The number of nitrogen functional groups attached to an aromatic ring is 1. The van der Waals surface area contributed by atoms with E-state index in [2.05, 4.69) is 0 Å². The van der Waals surface area contributed by atoms with Gasteiger partial charge in [0.2, 0.25) is 0 Å². The summed E-state index contributed by atoms with van der Waals surface area (Å²) in [4.78, 5) is 0.0635. The third-order valence-corrected chi connectivity index (χ3v) is 3.28. The first-order chi connectivity index (χ1) is 6.54. The molecule has 1 unspecified atom stereocenters. The summed E-state index contributed by atoms with van der Waals surface area (Å²) in [6.07, 6.45) is 0.869. The van der Waals surface area contributed by atoms with Crippen LogP contribution in [0.4, 0.5) is 14.5 Å². The summed E-state index contributed by atoms with van der Waals surface area (Å²) >= 11 is 1.20. The molecule has 0 aromatic heterocycles. The Morgan fingerprint density at radius 3 is 2.29 bits per heavy atom. The van der Waals surface area contributed by atoms with Gasteiger partial charge in [0.1, 0.15) is 11.6 Å². The molecule has 0 aliphatic carbocycles. The minimum atomic E-state index is -0.576. The molecule has 1 atom stereocenters. The van der Waals surface area contributed by atoms with Crippen molar-refractivity contribution in [1.82, 2.24) is 0 Å². The van der Waals surface area contributed by atoms with Crippen molar-refractivity contribution in [3.63, 3.8) is 0 Å². The van der Waals surface area contributed by atoms with Crippen LogP contribution < -0.4 is 5.73 Å². The molecule has 2 N–H and O–H groups in total. The van der Waals surface area contributed by atoms with Gasteiger partial charge in [-0.2, -0.15) is 0 Å². The van der Waals surface area contributed by atoms with E-state index >= 15 is 0 Å². The Kier molecular flexibility index (Phi) is 3.75. The quantitative estimate of drug-likeness (QED) is 0.620. The average molecular weight is 217 g/mol. The highest BCUT2D eigenvalue weighted by molar-refractivity contribution is 8.00. The zero-order chi connectivity index (χ0) is 10.7. The Bertz CT molecular complexity index is 305. The molecule has 0 amide bonds. The van der Waals surface area contributed by atoms with Crippen molar-refractivity contribution in [2.45, 2.75) is 30.4 Å². The van der Waals surface area contributed by atoms with Crippen molar-refractivity contribution in [2.24, 2.45) is 0 Å². The van der Waals surface area contributed by atoms with Crippen LogP contribution in [0.25, 0.3) is 0 Å². The lowest BCUT2D eigenvalue weighted by Crippen LogP contribution is -1.98. The van der Waals surface area contributed by atoms with Crippen LogP contribution in [0.3, 0.4) is 0 Å². The van der Waals surface area contributed by atoms with E-state index in [1.807, 2.05) is 13.8 Å². The Hall–Kier alpha value is -0.770. The minimum absolute atomic E-state index is 0.0635. The summed E-state index contributed by atoms with van der Waals surface area (Å²) in [5.41, 5.74) is 5.42. The van der Waals surface area contributed by atoms with Crippen molar-refractivity contribution < 1.29 is 8.78 Å². The van der Waals surface area contributed by atoms with Gasteiger partial charge < -0.3 is 5.73 Å². The van der Waals surface area contributed by atoms with Crippen LogP contribution in [-0.2, 0) is 0 Å². The smallest absolute Gasteiger partial charge is 0.141 e. The zero-order valence-electron chi connectivity index (χ0n) is 8.18. The van der Waals surface area contributed by atoms with Gasteiger partial charge in [-0.15, -0.1) is 11.8 Å². The Morgan fingerprint density at radius 1 is 1.36 bits per heavy atom. The predicted octanol–water partition coefficient (Wildman–Crippen LogP) is 3.44. The molecule has 1 rings (SSSR count). The second kappa shape index (κ2) is 4.64. The summed E-state index contributed by atoms with van der Waals surface area (Å²) in [5, 5.41) is 0.197. The highest BCUT2D eigenvalue weighted by Crippen LogP contribution is 2.31. The molecule has 0 radical (unpaired) electrons. The molecule has 0 spiro atoms. The second-order valence-electron chi connectivity index (χ2n) is 3.15. The van der Waals surface area contributed by atoms with Gasteiger partial charge in [-0.05, 0) is 18.6 Å². The Labute approximate surface area is 86.7 Å². The fraction of sp³-hybridized carbons (Fsp3) is 0.400. The molecule has 0 fully saturated rings. The average Bonchev–Trinajstić information content (AvgIpc) is 2.10. The molecule has 0 saturated carbocycles. The lowest BCUT2D eigenvalue weighted by Gasteiger charge is -2.10. The van der Waals surface area contributed by atoms with Crippen LogP contribution in [-0.4, -0.2) is 5.25 Å². The molecule has 4 heteroatoms. The van der Waals surface area contributed by atoms with Gasteiger partial charge in [-0.25, -0.2) is 8.78 Å². The standard InChI is InChI=1S/C10H13F2NS/c1-3-6(2)14-10-8(11)4-7(13)5-9(10)12/h4-6H,3,13H2,1-2H3. The fourth-order valence-electron chi connectivity index (χ4n) is 0.977. The molecular weight excluding hydrogens is 204 g/mol. The predicted molar refractivity (Wildman–Crippen MR) is 56.4 cm³/mol. The first kappa shape index (κ1) is 11.3. The number of nitrogens with two attached hydrogens (primary N) is 1. The molecule has 0 aliphatic rings. The monoisotopic (exact) mass is 217 g/mol. The topological polar surface area (TPSA) is 26.0 Å². The fourth-order valence-corrected chi connectivity index (χ4v) is 1.89. The summed E-state index contributed by atoms with van der Waals surface area (Å²) in [6, 6.07) is 2.29. The van der Waals surface area contributed by atoms with E-state index in [-0.39, 0.29) is 15.8 Å². The summed E-state index contributed by atoms with van der Waals surface area (Å²) < 4.78 is 26.5. The van der Waals surface area contributed by atoms with Gasteiger partial charge in [0.05, 0.1) is 4.90 Å².